The van der Waals surface area contributed by atoms with Gasteiger partial charge >= 0.3 is 0 Å². The van der Waals surface area contributed by atoms with Crippen molar-refractivity contribution in [2.45, 2.75) is 70.4 Å². The van der Waals surface area contributed by atoms with Crippen LogP contribution in [0.25, 0.3) is 0 Å². The Morgan fingerprint density at radius 2 is 2.05 bits per heavy atom. The number of rotatable bonds is 6. The molecule has 0 aromatic carbocycles. The zero-order valence-corrected chi connectivity index (χ0v) is 13.6. The molecule has 0 radical (unpaired) electrons. The molecule has 2 rings (SSSR count). The average molecular weight is 283 g/mol. The van der Waals surface area contributed by atoms with E-state index in [1.54, 1.807) is 0 Å². The summed E-state index contributed by atoms with van der Waals surface area (Å²) in [6.45, 7) is 7.54. The van der Waals surface area contributed by atoms with Gasteiger partial charge in [-0.25, -0.2) is 0 Å². The van der Waals surface area contributed by atoms with E-state index in [2.05, 4.69) is 19.2 Å². The van der Waals surface area contributed by atoms with Gasteiger partial charge in [0.25, 0.3) is 0 Å². The lowest BCUT2D eigenvalue weighted by Crippen LogP contribution is -2.58. The first-order valence-corrected chi connectivity index (χ1v) is 8.58. The summed E-state index contributed by atoms with van der Waals surface area (Å²) in [7, 11) is 1.92. The van der Waals surface area contributed by atoms with Crippen LogP contribution in [-0.2, 0) is 9.47 Å². The van der Waals surface area contributed by atoms with Gasteiger partial charge in [0.2, 0.25) is 0 Å². The second-order valence-corrected chi connectivity index (χ2v) is 6.86. The van der Waals surface area contributed by atoms with E-state index in [0.717, 1.165) is 25.7 Å². The number of hydrogen-bond donors (Lipinski definition) is 1. The molecule has 0 aromatic heterocycles. The molecule has 1 aliphatic heterocycles. The Hall–Kier alpha value is -0.120. The molecule has 2 fully saturated rings. The highest BCUT2D eigenvalue weighted by atomic mass is 16.5. The minimum absolute atomic E-state index is 0.0348. The Morgan fingerprint density at radius 1 is 1.30 bits per heavy atom. The molecule has 2 atom stereocenters. The van der Waals surface area contributed by atoms with Crippen molar-refractivity contribution in [2.24, 2.45) is 11.8 Å². The topological polar surface area (TPSA) is 30.5 Å². The summed E-state index contributed by atoms with van der Waals surface area (Å²) in [4.78, 5) is 0. The summed E-state index contributed by atoms with van der Waals surface area (Å²) in [5, 5.41) is 3.81. The van der Waals surface area contributed by atoms with Crippen molar-refractivity contribution in [3.8, 4) is 0 Å². The summed E-state index contributed by atoms with van der Waals surface area (Å²) in [5.74, 6) is 1.47. The van der Waals surface area contributed by atoms with Gasteiger partial charge in [-0.1, -0.05) is 13.8 Å². The maximum absolute atomic E-state index is 6.12. The quantitative estimate of drug-likeness (QED) is 0.810. The lowest BCUT2D eigenvalue weighted by molar-refractivity contribution is -0.104. The predicted octanol–water partition coefficient (Wildman–Crippen LogP) is 3.38. The van der Waals surface area contributed by atoms with Crippen molar-refractivity contribution in [2.75, 3.05) is 26.9 Å². The summed E-state index contributed by atoms with van der Waals surface area (Å²) in [6.07, 6.45) is 8.65. The van der Waals surface area contributed by atoms with E-state index in [-0.39, 0.29) is 5.60 Å². The number of methoxy groups -OCH3 is 1. The molecular formula is C17H33NO2. The van der Waals surface area contributed by atoms with Gasteiger partial charge in [0.1, 0.15) is 0 Å². The van der Waals surface area contributed by atoms with Gasteiger partial charge < -0.3 is 14.8 Å². The fourth-order valence-electron chi connectivity index (χ4n) is 4.00. The standard InChI is InChI=1S/C17H33NO2/c1-4-11-18-16(15-6-5-12-20-13-15)17(19-3)9-7-14(2)8-10-17/h14-16,18H,4-13H2,1-3H3. The molecule has 118 valence electrons. The van der Waals surface area contributed by atoms with Gasteiger partial charge in [0, 0.05) is 25.7 Å². The molecule has 1 saturated carbocycles. The first kappa shape index (κ1) is 16.3. The normalized spacial score (nSPS) is 36.8. The Labute approximate surface area is 124 Å². The third-order valence-corrected chi connectivity index (χ3v) is 5.38. The van der Waals surface area contributed by atoms with E-state index in [4.69, 9.17) is 9.47 Å². The fraction of sp³-hybridized carbons (Fsp3) is 1.00. The Balaban J connectivity index is 2.09. The van der Waals surface area contributed by atoms with Crippen molar-refractivity contribution in [3.05, 3.63) is 0 Å². The van der Waals surface area contributed by atoms with Crippen molar-refractivity contribution in [1.82, 2.24) is 5.32 Å². The molecule has 0 aromatic rings. The van der Waals surface area contributed by atoms with Crippen LogP contribution in [0.2, 0.25) is 0 Å². The molecule has 3 nitrogen and oxygen atoms in total. The van der Waals surface area contributed by atoms with E-state index in [0.29, 0.717) is 12.0 Å². The summed E-state index contributed by atoms with van der Waals surface area (Å²) >= 11 is 0. The van der Waals surface area contributed by atoms with Crippen molar-refractivity contribution in [3.63, 3.8) is 0 Å². The SMILES string of the molecule is CCCNC(C1CCCOC1)C1(OC)CCC(C)CC1. The molecule has 3 heteroatoms. The van der Waals surface area contributed by atoms with E-state index < -0.39 is 0 Å². The molecule has 1 aliphatic carbocycles. The molecule has 2 aliphatic rings. The van der Waals surface area contributed by atoms with Gasteiger partial charge in [0.05, 0.1) is 12.2 Å². The van der Waals surface area contributed by atoms with Crippen molar-refractivity contribution in [1.29, 1.82) is 0 Å². The van der Waals surface area contributed by atoms with E-state index in [1.807, 2.05) is 7.11 Å². The molecule has 1 saturated heterocycles. The molecule has 1 N–H and O–H groups in total. The van der Waals surface area contributed by atoms with Crippen LogP contribution in [0.1, 0.15) is 58.8 Å². The summed E-state index contributed by atoms with van der Waals surface area (Å²) in [6, 6.07) is 0.459. The Bertz CT molecular complexity index is 268. The first-order valence-electron chi connectivity index (χ1n) is 8.58. The van der Waals surface area contributed by atoms with Crippen molar-refractivity contribution < 1.29 is 9.47 Å². The highest BCUT2D eigenvalue weighted by Crippen LogP contribution is 2.40. The third-order valence-electron chi connectivity index (χ3n) is 5.38. The largest absolute Gasteiger partial charge is 0.381 e. The number of ether oxygens (including phenoxy) is 2. The molecule has 0 spiro atoms. The lowest BCUT2D eigenvalue weighted by atomic mass is 9.70. The zero-order valence-electron chi connectivity index (χ0n) is 13.6. The van der Waals surface area contributed by atoms with Crippen LogP contribution in [0.5, 0.6) is 0 Å². The first-order chi connectivity index (χ1) is 9.72. The van der Waals surface area contributed by atoms with Crippen LogP contribution < -0.4 is 5.32 Å². The van der Waals surface area contributed by atoms with Gasteiger partial charge in [-0.15, -0.1) is 0 Å². The van der Waals surface area contributed by atoms with E-state index in [9.17, 15) is 0 Å². The second kappa shape index (κ2) is 7.77. The average Bonchev–Trinajstić information content (AvgIpc) is 2.51. The molecule has 1 heterocycles. The van der Waals surface area contributed by atoms with Crippen molar-refractivity contribution >= 4 is 0 Å². The molecule has 0 bridgehead atoms. The van der Waals surface area contributed by atoms with Gasteiger partial charge in [0.15, 0.2) is 0 Å². The van der Waals surface area contributed by atoms with Crippen LogP contribution in [0.3, 0.4) is 0 Å². The predicted molar refractivity (Wildman–Crippen MR) is 83.0 cm³/mol. The zero-order chi connectivity index (χ0) is 14.4. The highest BCUT2D eigenvalue weighted by Gasteiger charge is 2.45. The Morgan fingerprint density at radius 3 is 2.60 bits per heavy atom. The van der Waals surface area contributed by atoms with Crippen LogP contribution in [0.15, 0.2) is 0 Å². The number of nitrogens with one attached hydrogen (secondary N) is 1. The van der Waals surface area contributed by atoms with Crippen LogP contribution in [-0.4, -0.2) is 38.5 Å². The van der Waals surface area contributed by atoms with Crippen LogP contribution in [0, 0.1) is 11.8 Å². The smallest absolute Gasteiger partial charge is 0.0834 e. The van der Waals surface area contributed by atoms with Gasteiger partial charge in [-0.2, -0.15) is 0 Å². The minimum Gasteiger partial charge on any atom is -0.381 e. The monoisotopic (exact) mass is 283 g/mol. The minimum atomic E-state index is 0.0348. The highest BCUT2D eigenvalue weighted by molar-refractivity contribution is 5.00. The Kier molecular flexibility index (Phi) is 6.31. The van der Waals surface area contributed by atoms with Gasteiger partial charge in [-0.3, -0.25) is 0 Å². The van der Waals surface area contributed by atoms with Crippen LogP contribution in [0.4, 0.5) is 0 Å². The number of hydrogen-bond acceptors (Lipinski definition) is 3. The lowest BCUT2D eigenvalue weighted by Gasteiger charge is -2.48. The third kappa shape index (κ3) is 3.75. The molecular weight excluding hydrogens is 250 g/mol. The second-order valence-electron chi connectivity index (χ2n) is 6.86. The summed E-state index contributed by atoms with van der Waals surface area (Å²) < 4.78 is 11.9. The molecule has 20 heavy (non-hydrogen) atoms. The van der Waals surface area contributed by atoms with Crippen LogP contribution >= 0.6 is 0 Å². The van der Waals surface area contributed by atoms with E-state index in [1.165, 1.54) is 44.9 Å². The molecule has 0 amide bonds. The maximum Gasteiger partial charge on any atom is 0.0834 e. The fourth-order valence-corrected chi connectivity index (χ4v) is 4.00. The van der Waals surface area contributed by atoms with Gasteiger partial charge in [-0.05, 0) is 57.4 Å². The summed E-state index contributed by atoms with van der Waals surface area (Å²) in [5.41, 5.74) is 0.0348. The maximum atomic E-state index is 6.12. The molecule has 2 unspecified atom stereocenters. The van der Waals surface area contributed by atoms with E-state index >= 15 is 0 Å².